The summed E-state index contributed by atoms with van der Waals surface area (Å²) in [4.78, 5) is 0. The van der Waals surface area contributed by atoms with E-state index in [0.29, 0.717) is 5.65 Å². The largest absolute Gasteiger partial charge is 0.222 e. The molecule has 0 fully saturated rings. The summed E-state index contributed by atoms with van der Waals surface area (Å²) < 4.78 is 25.0. The van der Waals surface area contributed by atoms with Gasteiger partial charge < -0.3 is 0 Å². The average Bonchev–Trinajstić information content (AvgIpc) is 2.75. The quantitative estimate of drug-likeness (QED) is 0.739. The van der Waals surface area contributed by atoms with Crippen LogP contribution in [-0.4, -0.2) is 45.3 Å². The van der Waals surface area contributed by atoms with Gasteiger partial charge in [0, 0.05) is 5.88 Å². The van der Waals surface area contributed by atoms with Gasteiger partial charge in [0.25, 0.3) is 0 Å². The molecule has 0 saturated heterocycles. The van der Waals surface area contributed by atoms with Crippen LogP contribution in [0.15, 0.2) is 17.2 Å². The fourth-order valence-electron chi connectivity index (χ4n) is 1.30. The van der Waals surface area contributed by atoms with Crippen molar-refractivity contribution < 1.29 is 8.42 Å². The molecule has 2 rings (SSSR count). The smallest absolute Gasteiger partial charge is 0.200 e. The molecule has 2 aromatic rings. The van der Waals surface area contributed by atoms with Crippen LogP contribution < -0.4 is 0 Å². The highest BCUT2D eigenvalue weighted by molar-refractivity contribution is 7.91. The number of alkyl halides is 1. The van der Waals surface area contributed by atoms with Crippen molar-refractivity contribution >= 4 is 27.1 Å². The van der Waals surface area contributed by atoms with Crippen molar-refractivity contribution in [2.45, 2.75) is 11.9 Å². The van der Waals surface area contributed by atoms with Crippen LogP contribution in [0.4, 0.5) is 0 Å². The van der Waals surface area contributed by atoms with Crippen molar-refractivity contribution in [1.29, 1.82) is 0 Å². The van der Waals surface area contributed by atoms with E-state index in [0.717, 1.165) is 4.63 Å². The Kier molecular flexibility index (Phi) is 3.25. The molecule has 0 saturated carbocycles. The topological polar surface area (TPSA) is 90.1 Å². The second kappa shape index (κ2) is 4.53. The van der Waals surface area contributed by atoms with Crippen molar-refractivity contribution in [3.05, 3.63) is 12.1 Å². The number of hydrogen-bond donors (Lipinski definition) is 0. The van der Waals surface area contributed by atoms with Crippen LogP contribution in [0.3, 0.4) is 0 Å². The molecule has 0 spiro atoms. The number of rotatable bonds is 4. The number of aromatic nitrogens is 5. The van der Waals surface area contributed by atoms with E-state index < -0.39 is 9.84 Å². The Morgan fingerprint density at radius 2 is 2.24 bits per heavy atom. The van der Waals surface area contributed by atoms with Gasteiger partial charge in [-0.05, 0) is 28.5 Å². The fourth-order valence-corrected chi connectivity index (χ4v) is 3.06. The van der Waals surface area contributed by atoms with E-state index in [2.05, 4.69) is 20.6 Å². The molecule has 0 radical (unpaired) electrons. The predicted molar refractivity (Wildman–Crippen MR) is 60.5 cm³/mol. The lowest BCUT2D eigenvalue weighted by atomic mass is 10.3. The standard InChI is InChI=1S/C8H10ClN5O2S/c1-6(4-9)5-17(15,16)8-3-2-7-10-12-13-14(7)11-8/h2-3,6H,4-5H2,1H3. The van der Waals surface area contributed by atoms with Crippen molar-refractivity contribution in [2.24, 2.45) is 5.92 Å². The van der Waals surface area contributed by atoms with Gasteiger partial charge in [0.15, 0.2) is 20.5 Å². The SMILES string of the molecule is CC(CCl)CS(=O)(=O)c1ccc2nnnn2n1. The number of sulfone groups is 1. The molecule has 7 nitrogen and oxygen atoms in total. The van der Waals surface area contributed by atoms with Gasteiger partial charge in [-0.25, -0.2) is 8.42 Å². The summed E-state index contributed by atoms with van der Waals surface area (Å²) in [5, 5.41) is 14.4. The lowest BCUT2D eigenvalue weighted by Crippen LogP contribution is -2.17. The first-order valence-electron chi connectivity index (χ1n) is 4.87. The highest BCUT2D eigenvalue weighted by atomic mass is 35.5. The molecule has 1 atom stereocenters. The van der Waals surface area contributed by atoms with Gasteiger partial charge in [0.1, 0.15) is 0 Å². The monoisotopic (exact) mass is 275 g/mol. The summed E-state index contributed by atoms with van der Waals surface area (Å²) in [5.74, 6) is 0.108. The van der Waals surface area contributed by atoms with E-state index in [1.165, 1.54) is 12.1 Å². The van der Waals surface area contributed by atoms with Crippen LogP contribution >= 0.6 is 11.6 Å². The lowest BCUT2D eigenvalue weighted by Gasteiger charge is -2.07. The molecular formula is C8H10ClN5O2S. The first kappa shape index (κ1) is 12.2. The predicted octanol–water partition coefficient (Wildman–Crippen LogP) is 0.168. The molecule has 0 N–H and O–H groups in total. The summed E-state index contributed by atoms with van der Waals surface area (Å²) in [6.45, 7) is 1.76. The molecule has 0 aromatic carbocycles. The third-order valence-corrected chi connectivity index (χ3v) is 4.52. The maximum atomic E-state index is 12.0. The maximum Gasteiger partial charge on any atom is 0.200 e. The highest BCUT2D eigenvalue weighted by Crippen LogP contribution is 2.12. The van der Waals surface area contributed by atoms with Gasteiger partial charge in [0.2, 0.25) is 0 Å². The highest BCUT2D eigenvalue weighted by Gasteiger charge is 2.20. The zero-order chi connectivity index (χ0) is 12.5. The first-order valence-corrected chi connectivity index (χ1v) is 7.06. The van der Waals surface area contributed by atoms with Gasteiger partial charge in [-0.1, -0.05) is 6.92 Å². The molecule has 0 aliphatic rings. The Labute approximate surface area is 103 Å². The lowest BCUT2D eigenvalue weighted by molar-refractivity contribution is 0.572. The molecule has 1 unspecified atom stereocenters. The minimum atomic E-state index is -3.45. The van der Waals surface area contributed by atoms with E-state index in [1.54, 1.807) is 6.92 Å². The normalized spacial score (nSPS) is 14.0. The van der Waals surface area contributed by atoms with E-state index in [9.17, 15) is 8.42 Å². The molecule has 17 heavy (non-hydrogen) atoms. The van der Waals surface area contributed by atoms with E-state index in [1.807, 2.05) is 0 Å². The Bertz CT molecular complexity index is 626. The zero-order valence-electron chi connectivity index (χ0n) is 8.99. The Morgan fingerprint density at radius 3 is 2.94 bits per heavy atom. The summed E-state index contributed by atoms with van der Waals surface area (Å²) in [7, 11) is -3.45. The van der Waals surface area contributed by atoms with Gasteiger partial charge in [-0.3, -0.25) is 0 Å². The number of fused-ring (bicyclic) bond motifs is 1. The zero-order valence-corrected chi connectivity index (χ0v) is 10.6. The van der Waals surface area contributed by atoms with Crippen LogP contribution in [0.2, 0.25) is 0 Å². The maximum absolute atomic E-state index is 12.0. The molecule has 0 aliphatic carbocycles. The second-order valence-electron chi connectivity index (χ2n) is 3.74. The van der Waals surface area contributed by atoms with Crippen molar-refractivity contribution in [2.75, 3.05) is 11.6 Å². The van der Waals surface area contributed by atoms with Crippen LogP contribution in [-0.2, 0) is 9.84 Å². The average molecular weight is 276 g/mol. The number of hydrogen-bond acceptors (Lipinski definition) is 6. The van der Waals surface area contributed by atoms with Gasteiger partial charge >= 0.3 is 0 Å². The summed E-state index contributed by atoms with van der Waals surface area (Å²) in [6.07, 6.45) is 0. The molecular weight excluding hydrogens is 266 g/mol. The molecule has 9 heteroatoms. The first-order chi connectivity index (χ1) is 8.03. The van der Waals surface area contributed by atoms with Gasteiger partial charge in [0.05, 0.1) is 5.75 Å². The molecule has 2 heterocycles. The van der Waals surface area contributed by atoms with Crippen LogP contribution in [0.1, 0.15) is 6.92 Å². The summed E-state index contributed by atoms with van der Waals surface area (Å²) in [6, 6.07) is 2.90. The van der Waals surface area contributed by atoms with Crippen LogP contribution in [0.5, 0.6) is 0 Å². The minimum absolute atomic E-state index is 0.0445. The molecule has 92 valence electrons. The number of nitrogens with zero attached hydrogens (tertiary/aromatic N) is 5. The van der Waals surface area contributed by atoms with Crippen LogP contribution in [0.25, 0.3) is 5.65 Å². The second-order valence-corrected chi connectivity index (χ2v) is 6.03. The molecule has 2 aromatic heterocycles. The summed E-state index contributed by atoms with van der Waals surface area (Å²) >= 11 is 5.60. The Balaban J connectivity index is 2.38. The minimum Gasteiger partial charge on any atom is -0.222 e. The van der Waals surface area contributed by atoms with Crippen molar-refractivity contribution in [3.8, 4) is 0 Å². The molecule has 0 amide bonds. The van der Waals surface area contributed by atoms with Crippen LogP contribution in [0, 0.1) is 5.92 Å². The van der Waals surface area contributed by atoms with E-state index in [-0.39, 0.29) is 22.6 Å². The Morgan fingerprint density at radius 1 is 1.47 bits per heavy atom. The Hall–Kier alpha value is -1.28. The van der Waals surface area contributed by atoms with E-state index >= 15 is 0 Å². The van der Waals surface area contributed by atoms with Gasteiger partial charge in [-0.2, -0.15) is 0 Å². The van der Waals surface area contributed by atoms with Gasteiger partial charge in [-0.15, -0.1) is 26.4 Å². The summed E-state index contributed by atoms with van der Waals surface area (Å²) in [5.41, 5.74) is 0.398. The fraction of sp³-hybridized carbons (Fsp3) is 0.500. The van der Waals surface area contributed by atoms with Crippen molar-refractivity contribution in [1.82, 2.24) is 25.3 Å². The third kappa shape index (κ3) is 2.52. The molecule has 0 bridgehead atoms. The van der Waals surface area contributed by atoms with Crippen molar-refractivity contribution in [3.63, 3.8) is 0 Å². The van der Waals surface area contributed by atoms with E-state index in [4.69, 9.17) is 11.6 Å². The number of halogens is 1. The third-order valence-electron chi connectivity index (χ3n) is 2.13. The number of tetrazole rings is 1. The molecule has 0 aliphatic heterocycles.